The number of rotatable bonds is 5. The molecule has 6 rings (SSSR count). The van der Waals surface area contributed by atoms with Crippen LogP contribution in [-0.4, -0.2) is 71.6 Å². The van der Waals surface area contributed by atoms with Crippen molar-refractivity contribution < 1.29 is 4.79 Å². The lowest BCUT2D eigenvalue weighted by atomic mass is 9.93. The van der Waals surface area contributed by atoms with Crippen molar-refractivity contribution in [1.82, 2.24) is 39.5 Å². The molecule has 2 aliphatic heterocycles. The summed E-state index contributed by atoms with van der Waals surface area (Å²) in [5, 5.41) is 7.13. The van der Waals surface area contributed by atoms with Crippen LogP contribution < -0.4 is 0 Å². The van der Waals surface area contributed by atoms with Gasteiger partial charge in [-0.25, -0.2) is 9.97 Å². The molecule has 0 aliphatic carbocycles. The number of H-pyrrole nitrogens is 1. The van der Waals surface area contributed by atoms with Crippen molar-refractivity contribution in [2.45, 2.75) is 38.3 Å². The largest absolute Gasteiger partial charge is 0.342 e. The number of aromatic amines is 1. The Kier molecular flexibility index (Phi) is 5.99. The molecule has 2 saturated heterocycles. The standard InChI is InChI=1S/C26H30N8O/c35-26(19-7-14-32(15-8-19)18-20-6-13-29-31-20)33-16-9-21(10-17-33)34-24-23(5-3-12-28-24)30-25(34)22-4-1-2-11-27-22/h1-6,11-13,19,21H,7-10,14-18H2,(H,29,31). The van der Waals surface area contributed by atoms with Crippen LogP contribution in [0, 0.1) is 5.92 Å². The maximum absolute atomic E-state index is 13.3. The second-order valence-electron chi connectivity index (χ2n) is 9.54. The average molecular weight is 471 g/mol. The fraction of sp³-hybridized carbons (Fsp3) is 0.423. The average Bonchev–Trinajstić information content (AvgIpc) is 3.57. The fourth-order valence-electron chi connectivity index (χ4n) is 5.50. The van der Waals surface area contributed by atoms with Gasteiger partial charge in [-0.1, -0.05) is 6.07 Å². The van der Waals surface area contributed by atoms with Gasteiger partial charge in [-0.3, -0.25) is 19.8 Å². The summed E-state index contributed by atoms with van der Waals surface area (Å²) in [4.78, 5) is 31.9. The van der Waals surface area contributed by atoms with Crippen molar-refractivity contribution in [3.8, 4) is 11.5 Å². The van der Waals surface area contributed by atoms with Gasteiger partial charge in [0.1, 0.15) is 11.2 Å². The van der Waals surface area contributed by atoms with E-state index >= 15 is 0 Å². The van der Waals surface area contributed by atoms with Gasteiger partial charge in [-0.05, 0) is 69.1 Å². The summed E-state index contributed by atoms with van der Waals surface area (Å²) in [6.45, 7) is 4.28. The second kappa shape index (κ2) is 9.58. The summed E-state index contributed by atoms with van der Waals surface area (Å²) in [5.41, 5.74) is 3.68. The summed E-state index contributed by atoms with van der Waals surface area (Å²) in [6, 6.07) is 12.1. The molecule has 180 valence electrons. The molecule has 0 spiro atoms. The van der Waals surface area contributed by atoms with Crippen LogP contribution in [-0.2, 0) is 11.3 Å². The molecule has 1 amide bonds. The Balaban J connectivity index is 1.12. The van der Waals surface area contributed by atoms with Crippen LogP contribution in [0.1, 0.15) is 37.4 Å². The maximum atomic E-state index is 13.3. The number of hydrogen-bond acceptors (Lipinski definition) is 6. The summed E-state index contributed by atoms with van der Waals surface area (Å²) in [5.74, 6) is 1.30. The predicted octanol–water partition coefficient (Wildman–Crippen LogP) is 3.29. The molecule has 35 heavy (non-hydrogen) atoms. The van der Waals surface area contributed by atoms with Crippen LogP contribution in [0.5, 0.6) is 0 Å². The Labute approximate surface area is 204 Å². The Morgan fingerprint density at radius 1 is 0.943 bits per heavy atom. The summed E-state index contributed by atoms with van der Waals surface area (Å²) >= 11 is 0. The molecule has 9 heteroatoms. The number of fused-ring (bicyclic) bond motifs is 1. The number of hydrogen-bond donors (Lipinski definition) is 1. The molecular formula is C26H30N8O. The normalized spacial score (nSPS) is 18.3. The Morgan fingerprint density at radius 2 is 1.77 bits per heavy atom. The number of imidazole rings is 1. The molecule has 0 bridgehead atoms. The zero-order valence-electron chi connectivity index (χ0n) is 19.8. The van der Waals surface area contributed by atoms with E-state index in [0.29, 0.717) is 5.91 Å². The van der Waals surface area contributed by atoms with Crippen LogP contribution in [0.4, 0.5) is 0 Å². The van der Waals surface area contributed by atoms with Gasteiger partial charge < -0.3 is 9.47 Å². The summed E-state index contributed by atoms with van der Waals surface area (Å²) in [7, 11) is 0. The van der Waals surface area contributed by atoms with Crippen molar-refractivity contribution >= 4 is 17.1 Å². The molecule has 4 aromatic rings. The highest BCUT2D eigenvalue weighted by atomic mass is 16.2. The smallest absolute Gasteiger partial charge is 0.225 e. The van der Waals surface area contributed by atoms with Crippen LogP contribution in [0.25, 0.3) is 22.7 Å². The zero-order valence-corrected chi connectivity index (χ0v) is 19.8. The number of nitrogens with zero attached hydrogens (tertiary/aromatic N) is 7. The highest BCUT2D eigenvalue weighted by molar-refractivity contribution is 5.79. The van der Waals surface area contributed by atoms with Crippen molar-refractivity contribution in [2.24, 2.45) is 5.92 Å². The van der Waals surface area contributed by atoms with Gasteiger partial charge in [-0.2, -0.15) is 5.10 Å². The van der Waals surface area contributed by atoms with Gasteiger partial charge in [0.2, 0.25) is 5.91 Å². The van der Waals surface area contributed by atoms with Gasteiger partial charge in [0, 0.05) is 50.2 Å². The number of nitrogens with one attached hydrogen (secondary N) is 1. The Bertz CT molecular complexity index is 1270. The molecule has 1 N–H and O–H groups in total. The van der Waals surface area contributed by atoms with E-state index in [-0.39, 0.29) is 12.0 Å². The molecule has 2 aliphatic rings. The first kappa shape index (κ1) is 21.9. The van der Waals surface area contributed by atoms with Crippen molar-refractivity contribution in [3.63, 3.8) is 0 Å². The first-order valence-corrected chi connectivity index (χ1v) is 12.5. The van der Waals surface area contributed by atoms with Crippen LogP contribution in [0.3, 0.4) is 0 Å². The summed E-state index contributed by atoms with van der Waals surface area (Å²) in [6.07, 6.45) is 9.11. The Morgan fingerprint density at radius 3 is 2.51 bits per heavy atom. The van der Waals surface area contributed by atoms with Gasteiger partial charge in [-0.15, -0.1) is 0 Å². The van der Waals surface area contributed by atoms with Gasteiger partial charge in [0.25, 0.3) is 0 Å². The van der Waals surface area contributed by atoms with Crippen molar-refractivity contribution in [1.29, 1.82) is 0 Å². The predicted molar refractivity (Wildman–Crippen MR) is 132 cm³/mol. The first-order chi connectivity index (χ1) is 17.3. The van der Waals surface area contributed by atoms with E-state index in [1.807, 2.05) is 48.8 Å². The highest BCUT2D eigenvalue weighted by Gasteiger charge is 2.32. The molecule has 0 saturated carbocycles. The van der Waals surface area contributed by atoms with E-state index in [0.717, 1.165) is 86.8 Å². The minimum Gasteiger partial charge on any atom is -0.342 e. The SMILES string of the molecule is O=C(C1CCN(Cc2cc[nH]n2)CC1)N1CCC(n2c(-c3ccccn3)nc3cccnc32)CC1. The lowest BCUT2D eigenvalue weighted by Crippen LogP contribution is -2.45. The Hall–Kier alpha value is -3.59. The second-order valence-corrected chi connectivity index (χ2v) is 9.54. The number of likely N-dealkylation sites (tertiary alicyclic amines) is 2. The highest BCUT2D eigenvalue weighted by Crippen LogP contribution is 2.33. The van der Waals surface area contributed by atoms with Gasteiger partial charge in [0.05, 0.1) is 5.69 Å². The minimum atomic E-state index is 0.127. The number of pyridine rings is 2. The third kappa shape index (κ3) is 4.43. The van der Waals surface area contributed by atoms with E-state index in [1.165, 1.54) is 0 Å². The van der Waals surface area contributed by atoms with Gasteiger partial charge >= 0.3 is 0 Å². The van der Waals surface area contributed by atoms with Crippen molar-refractivity contribution in [3.05, 3.63) is 60.7 Å². The first-order valence-electron chi connectivity index (χ1n) is 12.5. The van der Waals surface area contributed by atoms with Crippen LogP contribution in [0.15, 0.2) is 55.0 Å². The third-order valence-corrected chi connectivity index (χ3v) is 7.36. The van der Waals surface area contributed by atoms with E-state index in [2.05, 4.69) is 34.5 Å². The topological polar surface area (TPSA) is 95.8 Å². The van der Waals surface area contributed by atoms with E-state index in [1.54, 1.807) is 6.20 Å². The van der Waals surface area contributed by atoms with Crippen LogP contribution >= 0.6 is 0 Å². The molecule has 6 heterocycles. The quantitative estimate of drug-likeness (QED) is 0.481. The monoisotopic (exact) mass is 470 g/mol. The molecule has 0 radical (unpaired) electrons. The molecule has 4 aromatic heterocycles. The fourth-order valence-corrected chi connectivity index (χ4v) is 5.50. The number of amides is 1. The van der Waals surface area contributed by atoms with E-state index in [9.17, 15) is 4.79 Å². The molecule has 0 atom stereocenters. The lowest BCUT2D eigenvalue weighted by molar-refractivity contribution is -0.138. The zero-order chi connectivity index (χ0) is 23.6. The van der Waals surface area contributed by atoms with Crippen molar-refractivity contribution in [2.75, 3.05) is 26.2 Å². The van der Waals surface area contributed by atoms with E-state index in [4.69, 9.17) is 4.98 Å². The molecule has 2 fully saturated rings. The lowest BCUT2D eigenvalue weighted by Gasteiger charge is -2.37. The van der Waals surface area contributed by atoms with E-state index < -0.39 is 0 Å². The molecule has 9 nitrogen and oxygen atoms in total. The van der Waals surface area contributed by atoms with Gasteiger partial charge in [0.15, 0.2) is 11.5 Å². The molecular weight excluding hydrogens is 440 g/mol. The number of carbonyl (C=O) groups is 1. The third-order valence-electron chi connectivity index (χ3n) is 7.36. The summed E-state index contributed by atoms with van der Waals surface area (Å²) < 4.78 is 2.24. The number of carbonyl (C=O) groups excluding carboxylic acids is 1. The van der Waals surface area contributed by atoms with Crippen LogP contribution in [0.2, 0.25) is 0 Å². The number of aromatic nitrogens is 6. The molecule has 0 unspecified atom stereocenters. The molecule has 0 aromatic carbocycles. The minimum absolute atomic E-state index is 0.127. The number of piperidine rings is 2. The maximum Gasteiger partial charge on any atom is 0.225 e.